The van der Waals surface area contributed by atoms with E-state index in [2.05, 4.69) is 15.5 Å². The first kappa shape index (κ1) is 16.6. The van der Waals surface area contributed by atoms with E-state index in [0.29, 0.717) is 17.2 Å². The van der Waals surface area contributed by atoms with E-state index in [-0.39, 0.29) is 11.3 Å². The maximum atomic E-state index is 12.5. The molecule has 0 fully saturated rings. The van der Waals surface area contributed by atoms with Gasteiger partial charge in [0.1, 0.15) is 0 Å². The number of benzene rings is 1. The van der Waals surface area contributed by atoms with Gasteiger partial charge in [-0.3, -0.25) is 9.59 Å². The van der Waals surface area contributed by atoms with Gasteiger partial charge in [-0.1, -0.05) is 11.2 Å². The number of aromatic amines is 1. The lowest BCUT2D eigenvalue weighted by molar-refractivity contribution is 0.101. The molecular formula is C21H17N3O4. The second-order valence-electron chi connectivity index (χ2n) is 6.89. The second kappa shape index (κ2) is 6.53. The summed E-state index contributed by atoms with van der Waals surface area (Å²) in [6.45, 7) is 0. The summed E-state index contributed by atoms with van der Waals surface area (Å²) >= 11 is 0. The monoisotopic (exact) mass is 375 g/mol. The molecule has 7 nitrogen and oxygen atoms in total. The van der Waals surface area contributed by atoms with E-state index in [9.17, 15) is 9.59 Å². The van der Waals surface area contributed by atoms with Crippen LogP contribution in [-0.4, -0.2) is 16.0 Å². The maximum absolute atomic E-state index is 12.5. The van der Waals surface area contributed by atoms with Gasteiger partial charge in [0.15, 0.2) is 11.5 Å². The Balaban J connectivity index is 1.44. The molecule has 3 aromatic heterocycles. The van der Waals surface area contributed by atoms with Crippen molar-refractivity contribution in [3.8, 4) is 11.5 Å². The van der Waals surface area contributed by atoms with Crippen LogP contribution in [0.15, 0.2) is 56.4 Å². The molecule has 0 unspecified atom stereocenters. The fourth-order valence-electron chi connectivity index (χ4n) is 3.75. The molecule has 3 heterocycles. The van der Waals surface area contributed by atoms with Gasteiger partial charge in [0, 0.05) is 22.7 Å². The normalized spacial score (nSPS) is 13.4. The van der Waals surface area contributed by atoms with Crippen LogP contribution in [0.3, 0.4) is 0 Å². The fraction of sp³-hybridized carbons (Fsp3) is 0.190. The lowest BCUT2D eigenvalue weighted by Crippen LogP contribution is -2.19. The minimum absolute atomic E-state index is 0.0368. The van der Waals surface area contributed by atoms with Gasteiger partial charge >= 0.3 is 0 Å². The zero-order chi connectivity index (χ0) is 19.1. The number of aryl methyl sites for hydroxylation is 1. The number of nitrogens with one attached hydrogen (secondary N) is 2. The van der Waals surface area contributed by atoms with Crippen molar-refractivity contribution in [2.45, 2.75) is 25.7 Å². The van der Waals surface area contributed by atoms with Crippen LogP contribution in [0, 0.1) is 0 Å². The summed E-state index contributed by atoms with van der Waals surface area (Å²) in [5, 5.41) is 7.63. The lowest BCUT2D eigenvalue weighted by Gasteiger charge is -2.17. The molecule has 0 saturated carbocycles. The van der Waals surface area contributed by atoms with Crippen LogP contribution in [0.2, 0.25) is 0 Å². The number of rotatable bonds is 3. The molecule has 1 aromatic carbocycles. The molecule has 2 N–H and O–H groups in total. The minimum Gasteiger partial charge on any atom is -0.461 e. The average molecular weight is 375 g/mol. The molecule has 4 aromatic rings. The summed E-state index contributed by atoms with van der Waals surface area (Å²) in [6, 6.07) is 10.5. The van der Waals surface area contributed by atoms with Crippen LogP contribution < -0.4 is 10.9 Å². The Morgan fingerprint density at radius 3 is 2.75 bits per heavy atom. The number of nitrogens with zero attached hydrogens (tertiary/aromatic N) is 1. The molecule has 1 aliphatic carbocycles. The van der Waals surface area contributed by atoms with Crippen LogP contribution in [0.25, 0.3) is 22.4 Å². The number of H-pyrrole nitrogens is 1. The highest BCUT2D eigenvalue weighted by atomic mass is 16.5. The Morgan fingerprint density at radius 1 is 1.07 bits per heavy atom. The highest BCUT2D eigenvalue weighted by Gasteiger charge is 2.18. The Morgan fingerprint density at radius 2 is 1.93 bits per heavy atom. The van der Waals surface area contributed by atoms with Gasteiger partial charge < -0.3 is 19.2 Å². The molecule has 1 aliphatic rings. The second-order valence-corrected chi connectivity index (χ2v) is 6.89. The summed E-state index contributed by atoms with van der Waals surface area (Å²) in [4.78, 5) is 27.8. The quantitative estimate of drug-likeness (QED) is 0.565. The van der Waals surface area contributed by atoms with E-state index in [0.717, 1.165) is 47.7 Å². The van der Waals surface area contributed by atoms with Gasteiger partial charge in [-0.05, 0) is 55.5 Å². The number of anilines is 1. The molecule has 28 heavy (non-hydrogen) atoms. The molecule has 0 radical (unpaired) electrons. The van der Waals surface area contributed by atoms with Crippen molar-refractivity contribution in [3.63, 3.8) is 0 Å². The molecule has 5 rings (SSSR count). The first-order chi connectivity index (χ1) is 13.7. The third-order valence-corrected chi connectivity index (χ3v) is 5.10. The molecule has 0 saturated heterocycles. The molecule has 7 heteroatoms. The summed E-state index contributed by atoms with van der Waals surface area (Å²) in [5.41, 5.74) is 3.42. The fourth-order valence-corrected chi connectivity index (χ4v) is 3.75. The third-order valence-electron chi connectivity index (χ3n) is 5.10. The van der Waals surface area contributed by atoms with Gasteiger partial charge in [0.25, 0.3) is 11.5 Å². The highest BCUT2D eigenvalue weighted by molar-refractivity contribution is 6.04. The Hall–Kier alpha value is -3.61. The van der Waals surface area contributed by atoms with Crippen molar-refractivity contribution < 1.29 is 13.7 Å². The smallest absolute Gasteiger partial charge is 0.277 e. The molecule has 140 valence electrons. The largest absolute Gasteiger partial charge is 0.461 e. The molecule has 0 aliphatic heterocycles. The van der Waals surface area contributed by atoms with E-state index in [1.54, 1.807) is 18.2 Å². The number of amides is 1. The van der Waals surface area contributed by atoms with Crippen molar-refractivity contribution in [3.05, 3.63) is 69.8 Å². The summed E-state index contributed by atoms with van der Waals surface area (Å²) in [6.07, 6.45) is 5.40. The van der Waals surface area contributed by atoms with Gasteiger partial charge in [-0.15, -0.1) is 0 Å². The number of carbonyl (C=O) groups excluding carboxylic acids is 1. The van der Waals surface area contributed by atoms with Crippen molar-refractivity contribution in [1.29, 1.82) is 0 Å². The van der Waals surface area contributed by atoms with E-state index in [1.807, 2.05) is 12.1 Å². The number of carbonyl (C=O) groups is 1. The van der Waals surface area contributed by atoms with Gasteiger partial charge in [0.2, 0.25) is 5.76 Å². The number of fused-ring (bicyclic) bond motifs is 3. The zero-order valence-electron chi connectivity index (χ0n) is 15.0. The van der Waals surface area contributed by atoms with Crippen molar-refractivity contribution in [2.75, 3.05) is 5.32 Å². The molecule has 1 amide bonds. The zero-order valence-corrected chi connectivity index (χ0v) is 15.0. The maximum Gasteiger partial charge on any atom is 0.277 e. The first-order valence-corrected chi connectivity index (χ1v) is 9.19. The van der Waals surface area contributed by atoms with Crippen LogP contribution in [0.4, 0.5) is 5.69 Å². The predicted molar refractivity (Wildman–Crippen MR) is 103 cm³/mol. The first-order valence-electron chi connectivity index (χ1n) is 9.19. The molecule has 0 bridgehead atoms. The topological polar surface area (TPSA) is 101 Å². The Bertz CT molecular complexity index is 1230. The Kier molecular flexibility index (Phi) is 3.86. The third kappa shape index (κ3) is 2.81. The number of hydrogen-bond donors (Lipinski definition) is 2. The van der Waals surface area contributed by atoms with Gasteiger partial charge in [-0.2, -0.15) is 0 Å². The summed E-state index contributed by atoms with van der Waals surface area (Å²) in [5.74, 6) is 0.477. The summed E-state index contributed by atoms with van der Waals surface area (Å²) < 4.78 is 10.4. The molecule has 0 atom stereocenters. The van der Waals surface area contributed by atoms with Gasteiger partial charge in [-0.25, -0.2) is 0 Å². The van der Waals surface area contributed by atoms with Crippen molar-refractivity contribution >= 4 is 22.5 Å². The number of furan rings is 1. The number of aromatic nitrogens is 2. The van der Waals surface area contributed by atoms with Crippen LogP contribution in [0.1, 0.15) is 34.5 Å². The van der Waals surface area contributed by atoms with Crippen LogP contribution in [-0.2, 0) is 12.8 Å². The molecule has 0 spiro atoms. The van der Waals surface area contributed by atoms with E-state index < -0.39 is 5.91 Å². The highest BCUT2D eigenvalue weighted by Crippen LogP contribution is 2.27. The number of pyridine rings is 1. The van der Waals surface area contributed by atoms with Gasteiger partial charge in [0.05, 0.1) is 11.8 Å². The summed E-state index contributed by atoms with van der Waals surface area (Å²) in [7, 11) is 0. The predicted octanol–water partition coefficient (Wildman–Crippen LogP) is 3.91. The minimum atomic E-state index is -0.402. The van der Waals surface area contributed by atoms with E-state index in [1.165, 1.54) is 12.3 Å². The Labute approximate surface area is 159 Å². The van der Waals surface area contributed by atoms with Crippen molar-refractivity contribution in [1.82, 2.24) is 10.1 Å². The molecular weight excluding hydrogens is 358 g/mol. The van der Waals surface area contributed by atoms with Crippen LogP contribution in [0.5, 0.6) is 0 Å². The number of hydrogen-bond acceptors (Lipinski definition) is 5. The lowest BCUT2D eigenvalue weighted by atomic mass is 9.90. The van der Waals surface area contributed by atoms with E-state index in [4.69, 9.17) is 8.94 Å². The SMILES string of the molecule is O=C(Nc1ccc2c3c(c(=O)[nH]c2c1)CCCC3)c1cc(-c2ccco2)on1. The van der Waals surface area contributed by atoms with E-state index >= 15 is 0 Å². The standard InChI is InChI=1S/C21H17N3O4/c25-20-15-5-2-1-4-13(15)14-8-7-12(10-16(14)23-20)22-21(26)17-11-19(28-24-17)18-6-3-9-27-18/h3,6-11H,1-2,4-5H2,(H,22,26)(H,23,25). The van der Waals surface area contributed by atoms with Crippen LogP contribution >= 0.6 is 0 Å². The average Bonchev–Trinajstić information content (AvgIpc) is 3.40. The van der Waals surface area contributed by atoms with Crippen molar-refractivity contribution in [2.24, 2.45) is 0 Å².